The van der Waals surface area contributed by atoms with E-state index in [0.717, 1.165) is 49.1 Å². The van der Waals surface area contributed by atoms with Crippen LogP contribution in [0.2, 0.25) is 5.02 Å². The molecule has 0 N–H and O–H groups in total. The highest BCUT2D eigenvalue weighted by atomic mass is 35.5. The SMILES string of the molecule is CCOc1cc(C2C3=C(CCCC3=O)N(CCc3ccccc3)C3=C2C(=O)CCC3)cc(Cl)c1OCc1ccccc1F. The molecule has 43 heavy (non-hydrogen) atoms. The van der Waals surface area contributed by atoms with Crippen molar-refractivity contribution in [3.8, 4) is 11.5 Å². The van der Waals surface area contributed by atoms with Crippen molar-refractivity contribution in [3.05, 3.63) is 117 Å². The molecule has 0 saturated carbocycles. The Bertz CT molecular complexity index is 1570. The fourth-order valence-corrected chi connectivity index (χ4v) is 6.90. The standard InChI is InChI=1S/C36H35ClFNO4/c1-2-42-32-21-25(20-26(37)36(32)43-22-24-12-6-7-13-27(24)38)33-34-28(14-8-16-30(34)40)39(19-18-23-10-4-3-5-11-23)29-15-9-17-31(41)35(29)33/h3-7,10-13,20-21,33H,2,8-9,14-19,22H2,1H3. The van der Waals surface area contributed by atoms with Gasteiger partial charge in [-0.25, -0.2) is 4.39 Å². The number of carbonyl (C=O) groups is 2. The number of Topliss-reactive ketones (excluding diaryl/α,β-unsaturated/α-hetero) is 2. The minimum Gasteiger partial charge on any atom is -0.490 e. The Hall–Kier alpha value is -3.90. The molecule has 1 aliphatic heterocycles. The van der Waals surface area contributed by atoms with Crippen LogP contribution < -0.4 is 9.47 Å². The molecule has 3 aromatic rings. The third-order valence-electron chi connectivity index (χ3n) is 8.55. The second-order valence-electron chi connectivity index (χ2n) is 11.2. The molecule has 0 fully saturated rings. The van der Waals surface area contributed by atoms with Crippen molar-refractivity contribution in [3.63, 3.8) is 0 Å². The van der Waals surface area contributed by atoms with Crippen molar-refractivity contribution in [1.82, 2.24) is 4.90 Å². The summed E-state index contributed by atoms with van der Waals surface area (Å²) in [5.41, 5.74) is 5.81. The Labute approximate surface area is 256 Å². The van der Waals surface area contributed by atoms with Crippen molar-refractivity contribution >= 4 is 23.2 Å². The predicted molar refractivity (Wildman–Crippen MR) is 165 cm³/mol. The first-order valence-electron chi connectivity index (χ1n) is 15.1. The van der Waals surface area contributed by atoms with Gasteiger partial charge >= 0.3 is 0 Å². The van der Waals surface area contributed by atoms with Crippen LogP contribution in [0.5, 0.6) is 11.5 Å². The zero-order valence-corrected chi connectivity index (χ0v) is 25.1. The number of hydrogen-bond acceptors (Lipinski definition) is 5. The third kappa shape index (κ3) is 5.85. The first kappa shape index (κ1) is 29.2. The summed E-state index contributed by atoms with van der Waals surface area (Å²) in [5.74, 6) is -0.00815. The average Bonchev–Trinajstić information content (AvgIpc) is 3.01. The molecule has 0 amide bonds. The lowest BCUT2D eigenvalue weighted by atomic mass is 9.71. The molecule has 7 heteroatoms. The van der Waals surface area contributed by atoms with Gasteiger partial charge in [0.1, 0.15) is 12.4 Å². The molecule has 0 radical (unpaired) electrons. The number of hydrogen-bond donors (Lipinski definition) is 0. The zero-order valence-electron chi connectivity index (χ0n) is 24.3. The Morgan fingerprint density at radius 1 is 0.860 bits per heavy atom. The van der Waals surface area contributed by atoms with Crippen molar-refractivity contribution in [1.29, 1.82) is 0 Å². The van der Waals surface area contributed by atoms with Gasteiger partial charge in [0.05, 0.1) is 11.6 Å². The van der Waals surface area contributed by atoms with Gasteiger partial charge in [-0.05, 0) is 68.4 Å². The van der Waals surface area contributed by atoms with Gasteiger partial charge in [-0.2, -0.15) is 0 Å². The van der Waals surface area contributed by atoms with Gasteiger partial charge in [-0.3, -0.25) is 9.59 Å². The van der Waals surface area contributed by atoms with E-state index < -0.39 is 5.92 Å². The minimum atomic E-state index is -0.518. The van der Waals surface area contributed by atoms with Crippen molar-refractivity contribution in [2.45, 2.75) is 64.4 Å². The highest BCUT2D eigenvalue weighted by molar-refractivity contribution is 6.32. The molecule has 222 valence electrons. The first-order valence-corrected chi connectivity index (χ1v) is 15.5. The van der Waals surface area contributed by atoms with Crippen LogP contribution in [0.15, 0.2) is 89.3 Å². The minimum absolute atomic E-state index is 0.0206. The van der Waals surface area contributed by atoms with Crippen molar-refractivity contribution < 1.29 is 23.5 Å². The number of nitrogens with zero attached hydrogens (tertiary/aromatic N) is 1. The average molecular weight is 600 g/mol. The molecular weight excluding hydrogens is 565 g/mol. The van der Waals surface area contributed by atoms with Crippen LogP contribution in [0.1, 0.15) is 68.1 Å². The molecule has 0 unspecified atom stereocenters. The van der Waals surface area contributed by atoms with E-state index in [2.05, 4.69) is 17.0 Å². The van der Waals surface area contributed by atoms with Gasteiger partial charge in [0.15, 0.2) is 23.1 Å². The van der Waals surface area contributed by atoms with Crippen LogP contribution in [-0.4, -0.2) is 29.6 Å². The summed E-state index contributed by atoms with van der Waals surface area (Å²) in [6.45, 7) is 2.91. The van der Waals surface area contributed by atoms with E-state index in [4.69, 9.17) is 21.1 Å². The van der Waals surface area contributed by atoms with Gasteiger partial charge in [0.25, 0.3) is 0 Å². The summed E-state index contributed by atoms with van der Waals surface area (Å²) in [7, 11) is 0. The zero-order chi connectivity index (χ0) is 29.9. The molecule has 6 rings (SSSR count). The summed E-state index contributed by atoms with van der Waals surface area (Å²) in [4.78, 5) is 29.7. The number of carbonyl (C=O) groups excluding carboxylic acids is 2. The van der Waals surface area contributed by atoms with E-state index in [9.17, 15) is 14.0 Å². The van der Waals surface area contributed by atoms with Crippen molar-refractivity contribution in [2.75, 3.05) is 13.2 Å². The summed E-state index contributed by atoms with van der Waals surface area (Å²) in [6.07, 6.45) is 4.87. The molecule has 3 aromatic carbocycles. The van der Waals surface area contributed by atoms with E-state index in [-0.39, 0.29) is 24.0 Å². The molecule has 0 atom stereocenters. The van der Waals surface area contributed by atoms with E-state index in [0.29, 0.717) is 59.2 Å². The molecule has 3 aliphatic rings. The highest BCUT2D eigenvalue weighted by Gasteiger charge is 2.43. The maximum Gasteiger partial charge on any atom is 0.180 e. The van der Waals surface area contributed by atoms with Crippen LogP contribution in [0.25, 0.3) is 0 Å². The smallest absolute Gasteiger partial charge is 0.180 e. The largest absolute Gasteiger partial charge is 0.490 e. The van der Waals surface area contributed by atoms with Gasteiger partial charge in [0, 0.05) is 53.4 Å². The van der Waals surface area contributed by atoms with Crippen LogP contribution in [0.4, 0.5) is 4.39 Å². The van der Waals surface area contributed by atoms with Crippen LogP contribution in [0.3, 0.4) is 0 Å². The molecule has 2 aliphatic carbocycles. The number of benzene rings is 3. The van der Waals surface area contributed by atoms with Crippen molar-refractivity contribution in [2.24, 2.45) is 0 Å². The second kappa shape index (κ2) is 12.8. The third-order valence-corrected chi connectivity index (χ3v) is 8.83. The van der Waals surface area contributed by atoms with E-state index in [1.165, 1.54) is 11.6 Å². The van der Waals surface area contributed by atoms with Gasteiger partial charge < -0.3 is 14.4 Å². The van der Waals surface area contributed by atoms with Gasteiger partial charge in [-0.15, -0.1) is 0 Å². The molecule has 0 spiro atoms. The summed E-state index contributed by atoms with van der Waals surface area (Å²) >= 11 is 6.85. The Morgan fingerprint density at radius 3 is 2.16 bits per heavy atom. The van der Waals surface area contributed by atoms with Gasteiger partial charge in [-0.1, -0.05) is 60.1 Å². The number of allylic oxidation sites excluding steroid dienone is 4. The fourth-order valence-electron chi connectivity index (χ4n) is 6.63. The van der Waals surface area contributed by atoms with Crippen LogP contribution in [-0.2, 0) is 22.6 Å². The first-order chi connectivity index (χ1) is 21.0. The quantitative estimate of drug-likeness (QED) is 0.249. The maximum absolute atomic E-state index is 14.3. The summed E-state index contributed by atoms with van der Waals surface area (Å²) in [5, 5.41) is 0.291. The number of rotatable bonds is 9. The topological polar surface area (TPSA) is 55.8 Å². The number of ether oxygens (including phenoxy) is 2. The molecule has 0 aromatic heterocycles. The molecule has 5 nitrogen and oxygen atoms in total. The summed E-state index contributed by atoms with van der Waals surface area (Å²) < 4.78 is 26.3. The second-order valence-corrected chi connectivity index (χ2v) is 11.6. The Kier molecular flexibility index (Phi) is 8.66. The molecule has 0 saturated heterocycles. The Balaban J connectivity index is 1.42. The summed E-state index contributed by atoms with van der Waals surface area (Å²) in [6, 6.07) is 20.4. The molecular formula is C36H35ClFNO4. The molecule has 0 bridgehead atoms. The number of halogens is 2. The maximum atomic E-state index is 14.3. The lowest BCUT2D eigenvalue weighted by Crippen LogP contribution is -2.40. The lowest BCUT2D eigenvalue weighted by molar-refractivity contribution is -0.117. The normalized spacial score (nSPS) is 17.2. The lowest BCUT2D eigenvalue weighted by Gasteiger charge is -2.44. The number of ketones is 2. The van der Waals surface area contributed by atoms with E-state index in [1.807, 2.05) is 31.2 Å². The van der Waals surface area contributed by atoms with Crippen LogP contribution in [0, 0.1) is 5.82 Å². The molecule has 1 heterocycles. The van der Waals surface area contributed by atoms with E-state index >= 15 is 0 Å². The Morgan fingerprint density at radius 2 is 1.51 bits per heavy atom. The predicted octanol–water partition coefficient (Wildman–Crippen LogP) is 8.11. The van der Waals surface area contributed by atoms with Crippen LogP contribution >= 0.6 is 11.6 Å². The highest BCUT2D eigenvalue weighted by Crippen LogP contribution is 2.51. The monoisotopic (exact) mass is 599 g/mol. The van der Waals surface area contributed by atoms with Gasteiger partial charge in [0.2, 0.25) is 0 Å². The van der Waals surface area contributed by atoms with E-state index in [1.54, 1.807) is 24.3 Å². The fraction of sp³-hybridized carbons (Fsp3) is 0.333.